The Morgan fingerprint density at radius 1 is 1.32 bits per heavy atom. The minimum atomic E-state index is -0.265. The summed E-state index contributed by atoms with van der Waals surface area (Å²) in [7, 11) is 5.62. The first-order valence-electron chi connectivity index (χ1n) is 8.25. The van der Waals surface area contributed by atoms with Crippen LogP contribution in [-0.4, -0.2) is 48.9 Å². The lowest BCUT2D eigenvalue weighted by molar-refractivity contribution is 0.243. The number of anilines is 1. The van der Waals surface area contributed by atoms with E-state index in [4.69, 9.17) is 4.74 Å². The summed E-state index contributed by atoms with van der Waals surface area (Å²) in [6, 6.07) is 7.66. The molecule has 0 unspecified atom stereocenters. The van der Waals surface area contributed by atoms with Gasteiger partial charge in [-0.25, -0.2) is 4.79 Å². The number of carbonyl (C=O) groups excluding carboxylic acids is 1. The van der Waals surface area contributed by atoms with E-state index in [0.29, 0.717) is 17.6 Å². The molecule has 1 heterocycles. The van der Waals surface area contributed by atoms with E-state index in [1.54, 1.807) is 7.11 Å². The van der Waals surface area contributed by atoms with Gasteiger partial charge < -0.3 is 15.0 Å². The van der Waals surface area contributed by atoms with Crippen molar-refractivity contribution in [2.75, 3.05) is 33.1 Å². The molecule has 1 aliphatic carbocycles. The maximum Gasteiger partial charge on any atom is 0.321 e. The van der Waals surface area contributed by atoms with Crippen LogP contribution in [0.25, 0.3) is 0 Å². The van der Waals surface area contributed by atoms with Gasteiger partial charge in [-0.3, -0.25) is 5.32 Å². The normalized spacial score (nSPS) is 15.0. The van der Waals surface area contributed by atoms with Crippen molar-refractivity contribution < 1.29 is 9.53 Å². The zero-order chi connectivity index (χ0) is 17.8. The number of aromatic nitrogens is 2. The lowest BCUT2D eigenvalue weighted by Gasteiger charge is -2.25. The van der Waals surface area contributed by atoms with Crippen molar-refractivity contribution in [2.45, 2.75) is 24.8 Å². The molecule has 8 heteroatoms. The molecule has 2 N–H and O–H groups in total. The number of hydrogen-bond acceptors (Lipinski definition) is 6. The number of benzene rings is 1. The monoisotopic (exact) mass is 361 g/mol. The average Bonchev–Trinajstić information content (AvgIpc) is 3.35. The topological polar surface area (TPSA) is 79.4 Å². The summed E-state index contributed by atoms with van der Waals surface area (Å²) in [6.07, 6.45) is 2.35. The molecule has 2 aromatic rings. The summed E-state index contributed by atoms with van der Waals surface area (Å²) in [5, 5.41) is 15.4. The molecule has 25 heavy (non-hydrogen) atoms. The van der Waals surface area contributed by atoms with Crippen LogP contribution in [0.4, 0.5) is 9.93 Å². The van der Waals surface area contributed by atoms with Crippen LogP contribution in [0.5, 0.6) is 5.75 Å². The van der Waals surface area contributed by atoms with Gasteiger partial charge in [0.05, 0.1) is 13.2 Å². The second-order valence-electron chi connectivity index (χ2n) is 6.31. The van der Waals surface area contributed by atoms with Crippen LogP contribution in [0, 0.1) is 0 Å². The summed E-state index contributed by atoms with van der Waals surface area (Å²) < 4.78 is 5.19. The Labute approximate surface area is 151 Å². The van der Waals surface area contributed by atoms with Crippen molar-refractivity contribution in [2.24, 2.45) is 0 Å². The molecule has 134 valence electrons. The van der Waals surface area contributed by atoms with E-state index in [0.717, 1.165) is 16.3 Å². The third-order valence-electron chi connectivity index (χ3n) is 4.17. The van der Waals surface area contributed by atoms with Gasteiger partial charge in [0.2, 0.25) is 5.13 Å². The molecule has 0 saturated heterocycles. The van der Waals surface area contributed by atoms with Crippen LogP contribution in [0.1, 0.15) is 35.4 Å². The summed E-state index contributed by atoms with van der Waals surface area (Å²) in [6.45, 7) is 0.486. The molecule has 1 fully saturated rings. The van der Waals surface area contributed by atoms with Gasteiger partial charge in [-0.2, -0.15) is 0 Å². The van der Waals surface area contributed by atoms with Crippen molar-refractivity contribution in [1.82, 2.24) is 20.4 Å². The number of methoxy groups -OCH3 is 1. The zero-order valence-electron chi connectivity index (χ0n) is 14.7. The van der Waals surface area contributed by atoms with Gasteiger partial charge in [0.25, 0.3) is 0 Å². The number of rotatable bonds is 7. The number of likely N-dealkylation sites (N-methyl/N-ethyl adjacent to an activating group) is 1. The molecule has 1 atom stereocenters. The highest BCUT2D eigenvalue weighted by atomic mass is 32.1. The summed E-state index contributed by atoms with van der Waals surface area (Å²) >= 11 is 1.45. The van der Waals surface area contributed by atoms with Gasteiger partial charge >= 0.3 is 6.03 Å². The minimum Gasteiger partial charge on any atom is -0.497 e. The van der Waals surface area contributed by atoms with E-state index in [1.807, 2.05) is 38.4 Å². The Hall–Kier alpha value is -2.19. The number of urea groups is 1. The van der Waals surface area contributed by atoms with Crippen LogP contribution in [0.15, 0.2) is 24.3 Å². The van der Waals surface area contributed by atoms with Crippen LogP contribution in [-0.2, 0) is 0 Å². The molecule has 3 rings (SSSR count). The number of amides is 2. The largest absolute Gasteiger partial charge is 0.497 e. The molecule has 1 aromatic carbocycles. The first-order chi connectivity index (χ1) is 12.1. The Kier molecular flexibility index (Phi) is 5.50. The Balaban J connectivity index is 1.55. The molecule has 0 spiro atoms. The van der Waals surface area contributed by atoms with Crippen LogP contribution in [0.2, 0.25) is 0 Å². The van der Waals surface area contributed by atoms with Crippen molar-refractivity contribution in [1.29, 1.82) is 0 Å². The Morgan fingerprint density at radius 3 is 2.64 bits per heavy atom. The third-order valence-corrected chi connectivity index (χ3v) is 5.17. The van der Waals surface area contributed by atoms with E-state index < -0.39 is 0 Å². The number of nitrogens with one attached hydrogen (secondary N) is 2. The molecule has 0 radical (unpaired) electrons. The molecule has 0 bridgehead atoms. The highest BCUT2D eigenvalue weighted by molar-refractivity contribution is 7.15. The van der Waals surface area contributed by atoms with E-state index in [9.17, 15) is 4.79 Å². The summed E-state index contributed by atoms with van der Waals surface area (Å²) in [5.74, 6) is 1.36. The standard InChI is InChI=1S/C17H23N5O2S/c1-22(2)14(11-6-8-13(24-3)9-7-11)10-18-16(23)19-17-21-20-15(25-17)12-4-5-12/h6-9,12,14H,4-5,10H2,1-3H3,(H2,18,19,21,23)/t14-/m0/s1. The number of ether oxygens (including phenoxy) is 1. The average molecular weight is 361 g/mol. The summed E-state index contributed by atoms with van der Waals surface area (Å²) in [4.78, 5) is 14.2. The van der Waals surface area contributed by atoms with Gasteiger partial charge in [0.1, 0.15) is 10.8 Å². The first-order valence-corrected chi connectivity index (χ1v) is 9.07. The molecule has 2 amide bonds. The second kappa shape index (κ2) is 7.79. The lowest BCUT2D eigenvalue weighted by atomic mass is 10.1. The molecule has 1 saturated carbocycles. The maximum absolute atomic E-state index is 12.1. The molecule has 1 aromatic heterocycles. The van der Waals surface area contributed by atoms with Crippen molar-refractivity contribution in [3.05, 3.63) is 34.8 Å². The van der Waals surface area contributed by atoms with Crippen LogP contribution in [0.3, 0.4) is 0 Å². The fraction of sp³-hybridized carbons (Fsp3) is 0.471. The molecule has 1 aliphatic rings. The number of hydrogen-bond donors (Lipinski definition) is 2. The maximum atomic E-state index is 12.1. The second-order valence-corrected chi connectivity index (χ2v) is 7.32. The van der Waals surface area contributed by atoms with Gasteiger partial charge in [-0.1, -0.05) is 23.5 Å². The predicted octanol–water partition coefficient (Wildman–Crippen LogP) is 2.85. The minimum absolute atomic E-state index is 0.0631. The van der Waals surface area contributed by atoms with Gasteiger partial charge in [0.15, 0.2) is 0 Å². The highest BCUT2D eigenvalue weighted by Gasteiger charge is 2.27. The molecule has 7 nitrogen and oxygen atoms in total. The smallest absolute Gasteiger partial charge is 0.321 e. The summed E-state index contributed by atoms with van der Waals surface area (Å²) in [5.41, 5.74) is 1.11. The Bertz CT molecular complexity index is 712. The fourth-order valence-electron chi connectivity index (χ4n) is 2.54. The quantitative estimate of drug-likeness (QED) is 0.793. The number of nitrogens with zero attached hydrogens (tertiary/aromatic N) is 3. The Morgan fingerprint density at radius 2 is 2.04 bits per heavy atom. The highest BCUT2D eigenvalue weighted by Crippen LogP contribution is 2.42. The molecular weight excluding hydrogens is 338 g/mol. The number of carbonyl (C=O) groups is 1. The van der Waals surface area contributed by atoms with Gasteiger partial charge in [-0.05, 0) is 44.6 Å². The third kappa shape index (κ3) is 4.67. The van der Waals surface area contributed by atoms with Crippen molar-refractivity contribution in [3.8, 4) is 5.75 Å². The van der Waals surface area contributed by atoms with E-state index in [2.05, 4.69) is 25.7 Å². The van der Waals surface area contributed by atoms with Crippen LogP contribution < -0.4 is 15.4 Å². The van der Waals surface area contributed by atoms with E-state index >= 15 is 0 Å². The van der Waals surface area contributed by atoms with Crippen molar-refractivity contribution in [3.63, 3.8) is 0 Å². The van der Waals surface area contributed by atoms with E-state index in [-0.39, 0.29) is 12.1 Å². The molecule has 0 aliphatic heterocycles. The first kappa shape index (κ1) is 17.6. The van der Waals surface area contributed by atoms with Gasteiger partial charge in [0, 0.05) is 12.5 Å². The zero-order valence-corrected chi connectivity index (χ0v) is 15.5. The van der Waals surface area contributed by atoms with Gasteiger partial charge in [-0.15, -0.1) is 10.2 Å². The van der Waals surface area contributed by atoms with Crippen LogP contribution >= 0.6 is 11.3 Å². The fourth-order valence-corrected chi connectivity index (χ4v) is 3.44. The van der Waals surface area contributed by atoms with Crippen molar-refractivity contribution >= 4 is 22.5 Å². The predicted molar refractivity (Wildman–Crippen MR) is 98.3 cm³/mol. The SMILES string of the molecule is COc1ccc([C@H](CNC(=O)Nc2nnc(C3CC3)s2)N(C)C)cc1. The molecular formula is C17H23N5O2S. The van der Waals surface area contributed by atoms with E-state index in [1.165, 1.54) is 24.2 Å². The lowest BCUT2D eigenvalue weighted by Crippen LogP contribution is -2.36.